The average Bonchev–Trinajstić information content (AvgIpc) is 2.85. The highest BCUT2D eigenvalue weighted by molar-refractivity contribution is 5.71. The first-order chi connectivity index (χ1) is 18.6. The molecule has 3 rings (SSSR count). The van der Waals surface area contributed by atoms with E-state index in [0.717, 1.165) is 12.1 Å². The molecular formula is C28H43F5N4O3. The van der Waals surface area contributed by atoms with E-state index in [1.807, 2.05) is 41.5 Å². The molecule has 0 unspecified atom stereocenters. The fraction of sp³-hybridized carbons (Fsp3) is 0.607. The van der Waals surface area contributed by atoms with Crippen molar-refractivity contribution in [2.24, 2.45) is 0 Å². The molecule has 1 amide bonds. The molecule has 40 heavy (non-hydrogen) atoms. The van der Waals surface area contributed by atoms with Crippen LogP contribution in [0, 0.1) is 6.92 Å². The molecule has 1 aromatic carbocycles. The summed E-state index contributed by atoms with van der Waals surface area (Å²) in [5.74, 6) is -0.496. The fourth-order valence-corrected chi connectivity index (χ4v) is 3.35. The summed E-state index contributed by atoms with van der Waals surface area (Å²) in [7, 11) is 1.18. The van der Waals surface area contributed by atoms with E-state index >= 15 is 0 Å². The van der Waals surface area contributed by atoms with Crippen molar-refractivity contribution in [3.8, 4) is 17.0 Å². The monoisotopic (exact) mass is 578 g/mol. The van der Waals surface area contributed by atoms with Gasteiger partial charge in [-0.1, -0.05) is 41.5 Å². The maximum absolute atomic E-state index is 13.5. The van der Waals surface area contributed by atoms with Crippen molar-refractivity contribution in [3.05, 3.63) is 35.7 Å². The van der Waals surface area contributed by atoms with Gasteiger partial charge in [-0.2, -0.15) is 8.78 Å². The molecule has 228 valence electrons. The summed E-state index contributed by atoms with van der Waals surface area (Å²) in [6, 6.07) is 4.96. The quantitative estimate of drug-likeness (QED) is 0.262. The number of likely N-dealkylation sites (tertiary alicyclic amines) is 1. The van der Waals surface area contributed by atoms with Crippen LogP contribution in [0.2, 0.25) is 0 Å². The van der Waals surface area contributed by atoms with E-state index in [2.05, 4.69) is 14.7 Å². The minimum absolute atomic E-state index is 0.0127. The highest BCUT2D eigenvalue weighted by atomic mass is 19.4. The van der Waals surface area contributed by atoms with Crippen LogP contribution < -0.4 is 9.64 Å². The second-order valence-corrected chi connectivity index (χ2v) is 8.92. The maximum Gasteiger partial charge on any atom is 0.573 e. The molecule has 2 heterocycles. The van der Waals surface area contributed by atoms with Crippen LogP contribution in [-0.4, -0.2) is 59.6 Å². The lowest BCUT2D eigenvalue weighted by atomic mass is 9.98. The molecule has 1 aromatic heterocycles. The number of anilines is 1. The molecule has 1 aliphatic rings. The lowest BCUT2D eigenvalue weighted by Gasteiger charge is -2.39. The molecule has 1 fully saturated rings. The zero-order chi connectivity index (χ0) is 31.4. The Morgan fingerprint density at radius 2 is 1.48 bits per heavy atom. The lowest BCUT2D eigenvalue weighted by molar-refractivity contribution is -0.274. The van der Waals surface area contributed by atoms with Crippen molar-refractivity contribution >= 4 is 11.9 Å². The first-order valence-electron chi connectivity index (χ1n) is 13.4. The molecule has 0 N–H and O–H groups in total. The Bertz CT molecular complexity index is 1040. The molecule has 2 aromatic rings. The summed E-state index contributed by atoms with van der Waals surface area (Å²) in [5.41, 5.74) is 0.370. The summed E-state index contributed by atoms with van der Waals surface area (Å²) in [6.07, 6.45) is -5.34. The molecule has 1 aliphatic heterocycles. The van der Waals surface area contributed by atoms with Crippen molar-refractivity contribution in [2.45, 2.75) is 93.7 Å². The Kier molecular flexibility index (Phi) is 14.9. The Labute approximate surface area is 234 Å². The minimum atomic E-state index is -4.84. The number of ether oxygens (including phenoxy) is 2. The van der Waals surface area contributed by atoms with Crippen LogP contribution in [0.3, 0.4) is 0 Å². The summed E-state index contributed by atoms with van der Waals surface area (Å²) in [4.78, 5) is 23.2. The van der Waals surface area contributed by atoms with Crippen molar-refractivity contribution in [1.29, 1.82) is 0 Å². The number of alkyl halides is 5. The van der Waals surface area contributed by atoms with Crippen LogP contribution in [0.1, 0.15) is 79.6 Å². The molecule has 7 nitrogen and oxygen atoms in total. The van der Waals surface area contributed by atoms with Crippen LogP contribution >= 0.6 is 0 Å². The average molecular weight is 579 g/mol. The van der Waals surface area contributed by atoms with Crippen molar-refractivity contribution in [1.82, 2.24) is 14.9 Å². The number of carbonyl (C=O) groups is 1. The van der Waals surface area contributed by atoms with Crippen LogP contribution in [0.15, 0.2) is 24.3 Å². The van der Waals surface area contributed by atoms with Crippen molar-refractivity contribution in [3.63, 3.8) is 0 Å². The van der Waals surface area contributed by atoms with E-state index < -0.39 is 30.4 Å². The molecule has 0 radical (unpaired) electrons. The molecule has 0 aliphatic carbocycles. The molecule has 12 heteroatoms. The standard InChI is InChI=1S/C22H25F5N4O3.3C2H6/c1-12-16(13-6-8-15(9-7-13)33-22(25,26)27)28-17(29-18(12)30(5)19(23)24)14-10-31(11-14)20(32)34-21(2,3)4;3*1-2/h6-9,14,19H,10-11H2,1-5H3;3*1-2H3. The number of amides is 1. The van der Waals surface area contributed by atoms with Gasteiger partial charge < -0.3 is 19.3 Å². The number of benzene rings is 1. The SMILES string of the molecule is CC.CC.CC.Cc1c(-c2ccc(OC(F)(F)F)cc2)nc(C2CN(C(=O)OC(C)(C)C)C2)nc1N(C)C(F)F. The number of carbonyl (C=O) groups excluding carboxylic acids is 1. The largest absolute Gasteiger partial charge is 0.573 e. The first kappa shape index (κ1) is 36.8. The molecule has 0 bridgehead atoms. The Hall–Kier alpha value is -3.18. The van der Waals surface area contributed by atoms with Gasteiger partial charge in [0.2, 0.25) is 0 Å². The third-order valence-electron chi connectivity index (χ3n) is 5.02. The number of hydrogen-bond acceptors (Lipinski definition) is 6. The number of aromatic nitrogens is 2. The first-order valence-corrected chi connectivity index (χ1v) is 13.4. The third kappa shape index (κ3) is 10.8. The molecule has 1 saturated heterocycles. The summed E-state index contributed by atoms with van der Waals surface area (Å²) in [5, 5.41) is 0. The highest BCUT2D eigenvalue weighted by Gasteiger charge is 2.37. The Morgan fingerprint density at radius 3 is 1.90 bits per heavy atom. The Balaban J connectivity index is 0.00000237. The lowest BCUT2D eigenvalue weighted by Crippen LogP contribution is -2.50. The number of hydrogen-bond donors (Lipinski definition) is 0. The zero-order valence-electron chi connectivity index (χ0n) is 25.3. The van der Waals surface area contributed by atoms with E-state index in [1.165, 1.54) is 24.1 Å². The fourth-order valence-electron chi connectivity index (χ4n) is 3.35. The maximum atomic E-state index is 13.5. The van der Waals surface area contributed by atoms with E-state index in [9.17, 15) is 26.7 Å². The third-order valence-corrected chi connectivity index (χ3v) is 5.02. The van der Waals surface area contributed by atoms with Gasteiger partial charge in [0, 0.05) is 31.3 Å². The van der Waals surface area contributed by atoms with Gasteiger partial charge in [0.15, 0.2) is 0 Å². The topological polar surface area (TPSA) is 67.8 Å². The van der Waals surface area contributed by atoms with Crippen molar-refractivity contribution in [2.75, 3.05) is 25.0 Å². The smallest absolute Gasteiger partial charge is 0.444 e. The van der Waals surface area contributed by atoms with Crippen LogP contribution in [0.25, 0.3) is 11.3 Å². The summed E-state index contributed by atoms with van der Waals surface area (Å²) < 4.78 is 73.5. The zero-order valence-corrected chi connectivity index (χ0v) is 25.3. The number of nitrogens with zero attached hydrogens (tertiary/aromatic N) is 4. The van der Waals surface area contributed by atoms with E-state index in [4.69, 9.17) is 4.74 Å². The van der Waals surface area contributed by atoms with Gasteiger partial charge in [0.1, 0.15) is 23.0 Å². The van der Waals surface area contributed by atoms with Crippen LogP contribution in [0.4, 0.5) is 32.6 Å². The Morgan fingerprint density at radius 1 is 0.975 bits per heavy atom. The van der Waals surface area contributed by atoms with Crippen LogP contribution in [-0.2, 0) is 4.74 Å². The number of rotatable bonds is 5. The molecule has 0 spiro atoms. The second kappa shape index (κ2) is 16.2. The second-order valence-electron chi connectivity index (χ2n) is 8.92. The van der Waals surface area contributed by atoms with Gasteiger partial charge in [-0.15, -0.1) is 13.2 Å². The summed E-state index contributed by atoms with van der Waals surface area (Å²) in [6.45, 7) is 16.4. The van der Waals surface area contributed by atoms with Gasteiger partial charge in [0.05, 0.1) is 11.6 Å². The van der Waals surface area contributed by atoms with Crippen molar-refractivity contribution < 1.29 is 36.2 Å². The predicted octanol–water partition coefficient (Wildman–Crippen LogP) is 8.42. The van der Waals surface area contributed by atoms with E-state index in [0.29, 0.717) is 21.7 Å². The van der Waals surface area contributed by atoms with E-state index in [-0.39, 0.29) is 30.6 Å². The molecule has 0 atom stereocenters. The van der Waals surface area contributed by atoms with Gasteiger partial charge >= 0.3 is 19.0 Å². The van der Waals surface area contributed by atoms with Gasteiger partial charge in [-0.25, -0.2) is 14.8 Å². The predicted molar refractivity (Wildman–Crippen MR) is 148 cm³/mol. The van der Waals surface area contributed by atoms with E-state index in [1.54, 1.807) is 27.7 Å². The molecule has 0 saturated carbocycles. The number of halogens is 5. The van der Waals surface area contributed by atoms with Gasteiger partial charge in [0.25, 0.3) is 0 Å². The van der Waals surface area contributed by atoms with Gasteiger partial charge in [-0.3, -0.25) is 0 Å². The molecular weight excluding hydrogens is 535 g/mol. The van der Waals surface area contributed by atoms with Gasteiger partial charge in [-0.05, 0) is 52.0 Å². The highest BCUT2D eigenvalue weighted by Crippen LogP contribution is 2.34. The normalized spacial score (nSPS) is 13.0. The summed E-state index contributed by atoms with van der Waals surface area (Å²) >= 11 is 0. The van der Waals surface area contributed by atoms with Crippen LogP contribution in [0.5, 0.6) is 5.75 Å². The minimum Gasteiger partial charge on any atom is -0.444 e.